The van der Waals surface area contributed by atoms with Crippen LogP contribution >= 0.6 is 0 Å². The van der Waals surface area contributed by atoms with E-state index < -0.39 is 23.4 Å². The van der Waals surface area contributed by atoms with Gasteiger partial charge in [-0.05, 0) is 24.3 Å². The molecule has 2 rings (SSSR count). The van der Waals surface area contributed by atoms with Crippen molar-refractivity contribution < 1.29 is 30.0 Å². The number of hydrogen-bond donors (Lipinski definition) is 4. The Labute approximate surface area is 135 Å². The van der Waals surface area contributed by atoms with Crippen LogP contribution in [-0.2, 0) is 0 Å². The molecule has 0 bridgehead atoms. The molecule has 0 aromatic heterocycles. The van der Waals surface area contributed by atoms with Gasteiger partial charge in [-0.3, -0.25) is 9.98 Å². The van der Waals surface area contributed by atoms with Gasteiger partial charge >= 0.3 is 11.9 Å². The van der Waals surface area contributed by atoms with Crippen LogP contribution in [-0.4, -0.2) is 44.8 Å². The van der Waals surface area contributed by atoms with E-state index in [1.54, 1.807) is 0 Å². The first-order chi connectivity index (χ1) is 11.4. The van der Waals surface area contributed by atoms with Crippen molar-refractivity contribution in [3.05, 3.63) is 47.5 Å². The topological polar surface area (TPSA) is 140 Å². The van der Waals surface area contributed by atoms with Crippen molar-refractivity contribution >= 4 is 35.7 Å². The van der Waals surface area contributed by atoms with E-state index in [1.165, 1.54) is 48.8 Å². The Hall–Kier alpha value is -3.68. The third kappa shape index (κ3) is 3.95. The van der Waals surface area contributed by atoms with Crippen molar-refractivity contribution in [3.63, 3.8) is 0 Å². The summed E-state index contributed by atoms with van der Waals surface area (Å²) in [5, 5.41) is 36.7. The second kappa shape index (κ2) is 7.05. The lowest BCUT2D eigenvalue weighted by molar-refractivity contribution is 0.0682. The lowest BCUT2D eigenvalue weighted by Gasteiger charge is -2.00. The van der Waals surface area contributed by atoms with E-state index in [-0.39, 0.29) is 11.1 Å². The van der Waals surface area contributed by atoms with E-state index in [9.17, 15) is 19.8 Å². The Bertz CT molecular complexity index is 786. The minimum Gasteiger partial charge on any atom is -0.507 e. The maximum absolute atomic E-state index is 10.8. The van der Waals surface area contributed by atoms with E-state index in [0.29, 0.717) is 11.4 Å². The molecule has 8 heteroatoms. The molecule has 0 unspecified atom stereocenters. The van der Waals surface area contributed by atoms with Crippen molar-refractivity contribution in [1.82, 2.24) is 0 Å². The van der Waals surface area contributed by atoms with Gasteiger partial charge in [-0.25, -0.2) is 9.59 Å². The number of benzene rings is 2. The number of aliphatic imine (C=N–C) groups is 2. The van der Waals surface area contributed by atoms with Crippen molar-refractivity contribution in [2.75, 3.05) is 0 Å². The van der Waals surface area contributed by atoms with Gasteiger partial charge in [-0.15, -0.1) is 0 Å². The molecule has 0 aliphatic carbocycles. The summed E-state index contributed by atoms with van der Waals surface area (Å²) in [6, 6.07) is 7.68. The lowest BCUT2D eigenvalue weighted by atomic mass is 10.2. The molecule has 0 heterocycles. The van der Waals surface area contributed by atoms with Crippen LogP contribution in [0.2, 0.25) is 0 Å². The fourth-order valence-corrected chi connectivity index (χ4v) is 1.80. The summed E-state index contributed by atoms with van der Waals surface area (Å²) >= 11 is 0. The summed E-state index contributed by atoms with van der Waals surface area (Å²) in [6.07, 6.45) is 2.61. The van der Waals surface area contributed by atoms with E-state index in [2.05, 4.69) is 9.98 Å². The molecule has 0 fully saturated rings. The number of aromatic hydroxyl groups is 2. The quantitative estimate of drug-likeness (QED) is 0.622. The molecule has 24 heavy (non-hydrogen) atoms. The molecular formula is C16H12N2O6. The Balaban J connectivity index is 2.10. The van der Waals surface area contributed by atoms with Crippen LogP contribution in [0.15, 0.2) is 46.4 Å². The van der Waals surface area contributed by atoms with Crippen LogP contribution in [0.3, 0.4) is 0 Å². The molecule has 0 radical (unpaired) electrons. The van der Waals surface area contributed by atoms with Gasteiger partial charge in [0.2, 0.25) is 0 Å². The second-order valence-electron chi connectivity index (χ2n) is 4.57. The molecule has 0 saturated heterocycles. The number of aromatic carboxylic acids is 2. The van der Waals surface area contributed by atoms with Gasteiger partial charge < -0.3 is 20.4 Å². The zero-order valence-corrected chi connectivity index (χ0v) is 12.1. The molecule has 122 valence electrons. The highest BCUT2D eigenvalue weighted by Gasteiger charge is 2.09. The third-order valence-corrected chi connectivity index (χ3v) is 2.94. The van der Waals surface area contributed by atoms with Crippen molar-refractivity contribution in [2.45, 2.75) is 0 Å². The predicted octanol–water partition coefficient (Wildman–Crippen LogP) is 2.60. The number of carboxylic acid groups (broad SMARTS) is 2. The summed E-state index contributed by atoms with van der Waals surface area (Å²) in [4.78, 5) is 29.5. The Kier molecular flexibility index (Phi) is 4.90. The average Bonchev–Trinajstić information content (AvgIpc) is 2.51. The SMILES string of the molecule is O=C(O)c1ccc(/N=C/C=N/c2ccc(C(=O)O)c(O)c2)cc1O. The zero-order valence-electron chi connectivity index (χ0n) is 12.1. The van der Waals surface area contributed by atoms with E-state index in [0.717, 1.165) is 0 Å². The molecule has 0 aliphatic heterocycles. The first-order valence-corrected chi connectivity index (χ1v) is 6.58. The molecular weight excluding hydrogens is 316 g/mol. The van der Waals surface area contributed by atoms with Crippen molar-refractivity contribution in [2.24, 2.45) is 9.98 Å². The maximum atomic E-state index is 10.8. The largest absolute Gasteiger partial charge is 0.507 e. The highest BCUT2D eigenvalue weighted by atomic mass is 16.4. The molecule has 4 N–H and O–H groups in total. The Morgan fingerprint density at radius 2 is 1.12 bits per heavy atom. The maximum Gasteiger partial charge on any atom is 0.339 e. The van der Waals surface area contributed by atoms with Gasteiger partial charge in [0, 0.05) is 24.6 Å². The standard InChI is InChI=1S/C16H12N2O6/c19-13-7-9(1-3-11(13)15(21)22)17-5-6-18-10-2-4-12(16(23)24)14(20)8-10/h1-8,19-20H,(H,21,22)(H,23,24)/b17-5+,18-6+. The third-order valence-electron chi connectivity index (χ3n) is 2.94. The summed E-state index contributed by atoms with van der Waals surface area (Å²) in [5.41, 5.74) is 0.203. The molecule has 0 amide bonds. The van der Waals surface area contributed by atoms with Gasteiger partial charge in [0.15, 0.2) is 0 Å². The Morgan fingerprint density at radius 3 is 1.42 bits per heavy atom. The first-order valence-electron chi connectivity index (χ1n) is 6.58. The predicted molar refractivity (Wildman–Crippen MR) is 86.4 cm³/mol. The van der Waals surface area contributed by atoms with E-state index in [1.807, 2.05) is 0 Å². The number of carbonyl (C=O) groups is 2. The fourth-order valence-electron chi connectivity index (χ4n) is 1.80. The van der Waals surface area contributed by atoms with Gasteiger partial charge in [-0.2, -0.15) is 0 Å². The minimum absolute atomic E-state index is 0.225. The monoisotopic (exact) mass is 328 g/mol. The van der Waals surface area contributed by atoms with Crippen LogP contribution in [0.1, 0.15) is 20.7 Å². The van der Waals surface area contributed by atoms with E-state index >= 15 is 0 Å². The molecule has 8 nitrogen and oxygen atoms in total. The minimum atomic E-state index is -1.24. The number of nitrogens with zero attached hydrogens (tertiary/aromatic N) is 2. The molecule has 2 aromatic rings. The van der Waals surface area contributed by atoms with Crippen LogP contribution in [0.4, 0.5) is 11.4 Å². The molecule has 0 atom stereocenters. The number of carboxylic acids is 2. The zero-order chi connectivity index (χ0) is 17.7. The van der Waals surface area contributed by atoms with Crippen LogP contribution < -0.4 is 0 Å². The van der Waals surface area contributed by atoms with Gasteiger partial charge in [0.1, 0.15) is 22.6 Å². The fraction of sp³-hybridized carbons (Fsp3) is 0. The van der Waals surface area contributed by atoms with Crippen LogP contribution in [0.25, 0.3) is 0 Å². The second-order valence-corrected chi connectivity index (χ2v) is 4.57. The van der Waals surface area contributed by atoms with Gasteiger partial charge in [0.25, 0.3) is 0 Å². The van der Waals surface area contributed by atoms with Crippen molar-refractivity contribution in [3.8, 4) is 11.5 Å². The van der Waals surface area contributed by atoms with Crippen LogP contribution in [0, 0.1) is 0 Å². The van der Waals surface area contributed by atoms with E-state index in [4.69, 9.17) is 10.2 Å². The normalized spacial score (nSPS) is 11.2. The highest BCUT2D eigenvalue weighted by molar-refractivity contribution is 6.17. The molecule has 0 aliphatic rings. The summed E-state index contributed by atoms with van der Waals surface area (Å²) in [5.74, 6) is -3.28. The van der Waals surface area contributed by atoms with Crippen molar-refractivity contribution in [1.29, 1.82) is 0 Å². The van der Waals surface area contributed by atoms with Gasteiger partial charge in [0.05, 0.1) is 11.4 Å². The summed E-state index contributed by atoms with van der Waals surface area (Å²) < 4.78 is 0. The number of rotatable bonds is 5. The Morgan fingerprint density at radius 1 is 0.750 bits per heavy atom. The molecule has 2 aromatic carbocycles. The smallest absolute Gasteiger partial charge is 0.339 e. The van der Waals surface area contributed by atoms with Crippen LogP contribution in [0.5, 0.6) is 11.5 Å². The lowest BCUT2D eigenvalue weighted by Crippen LogP contribution is -1.95. The summed E-state index contributed by atoms with van der Waals surface area (Å²) in [6.45, 7) is 0. The number of phenols is 2. The van der Waals surface area contributed by atoms with Gasteiger partial charge in [-0.1, -0.05) is 0 Å². The molecule has 0 saturated carbocycles. The molecule has 0 spiro atoms. The highest BCUT2D eigenvalue weighted by Crippen LogP contribution is 2.24. The number of hydrogen-bond acceptors (Lipinski definition) is 6. The summed E-state index contributed by atoms with van der Waals surface area (Å²) in [7, 11) is 0. The average molecular weight is 328 g/mol. The first kappa shape index (κ1) is 16.7.